The molecule has 0 aliphatic carbocycles. The van der Waals surface area contributed by atoms with Gasteiger partial charge in [0.2, 0.25) is 5.43 Å². The van der Waals surface area contributed by atoms with Crippen LogP contribution < -0.4 is 5.43 Å². The van der Waals surface area contributed by atoms with Crippen LogP contribution in [0.4, 0.5) is 0 Å². The van der Waals surface area contributed by atoms with E-state index in [1.165, 1.54) is 6.92 Å². The largest absolute Gasteiger partial charge is 0.452 e. The Morgan fingerprint density at radius 3 is 2.24 bits per heavy atom. The van der Waals surface area contributed by atoms with Crippen molar-refractivity contribution in [2.75, 3.05) is 0 Å². The highest BCUT2D eigenvalue weighted by Gasteiger charge is 2.18. The summed E-state index contributed by atoms with van der Waals surface area (Å²) in [6.45, 7) is 1.40. The van der Waals surface area contributed by atoms with E-state index in [0.29, 0.717) is 22.1 Å². The van der Waals surface area contributed by atoms with Gasteiger partial charge < -0.3 is 9.89 Å². The second-order valence-electron chi connectivity index (χ2n) is 4.55. The van der Waals surface area contributed by atoms with Gasteiger partial charge >= 0.3 is 0 Å². The van der Waals surface area contributed by atoms with Crippen molar-refractivity contribution in [3.8, 4) is 11.1 Å². The quantitative estimate of drug-likeness (QED) is 0.678. The lowest BCUT2D eigenvalue weighted by molar-refractivity contribution is 0.0989. The topological polar surface area (TPSA) is 78.8 Å². The fraction of sp³-hybridized carbons (Fsp3) is 0.0588. The molecule has 0 unspecified atom stereocenters. The van der Waals surface area contributed by atoms with Gasteiger partial charge in [0.15, 0.2) is 11.5 Å². The zero-order chi connectivity index (χ0) is 14.1. The fourth-order valence-corrected chi connectivity index (χ4v) is 2.26. The van der Waals surface area contributed by atoms with Crippen LogP contribution in [-0.4, -0.2) is 11.3 Å². The first-order valence-corrected chi connectivity index (χ1v) is 6.30. The number of rotatable bonds is 2. The third-order valence-electron chi connectivity index (χ3n) is 3.18. The molecule has 0 amide bonds. The Morgan fingerprint density at radius 1 is 0.952 bits per heavy atom. The van der Waals surface area contributed by atoms with Gasteiger partial charge in [-0.3, -0.25) is 9.59 Å². The molecule has 0 bridgehead atoms. The molecule has 3 aromatic rings. The van der Waals surface area contributed by atoms with E-state index in [1.807, 2.05) is 18.2 Å². The molecular formula is C17H14O4. The summed E-state index contributed by atoms with van der Waals surface area (Å²) in [5, 5.41) is 0.483. The van der Waals surface area contributed by atoms with Crippen molar-refractivity contribution in [2.24, 2.45) is 0 Å². The van der Waals surface area contributed by atoms with Crippen molar-refractivity contribution in [2.45, 2.75) is 6.92 Å². The first-order valence-electron chi connectivity index (χ1n) is 6.30. The molecule has 0 spiro atoms. The van der Waals surface area contributed by atoms with E-state index in [0.717, 1.165) is 0 Å². The zero-order valence-electron chi connectivity index (χ0n) is 11.4. The van der Waals surface area contributed by atoms with Gasteiger partial charge in [0.25, 0.3) is 0 Å². The minimum absolute atomic E-state index is 0. The van der Waals surface area contributed by atoms with E-state index in [4.69, 9.17) is 4.42 Å². The highest BCUT2D eigenvalue weighted by molar-refractivity contribution is 6.00. The predicted octanol–water partition coefficient (Wildman–Crippen LogP) is 2.84. The van der Waals surface area contributed by atoms with Crippen LogP contribution in [0.25, 0.3) is 22.1 Å². The maximum absolute atomic E-state index is 12.6. The molecule has 0 aliphatic heterocycles. The van der Waals surface area contributed by atoms with Crippen LogP contribution in [-0.2, 0) is 0 Å². The normalized spacial score (nSPS) is 10.1. The molecule has 1 aromatic heterocycles. The highest BCUT2D eigenvalue weighted by atomic mass is 16.3. The van der Waals surface area contributed by atoms with E-state index in [9.17, 15) is 9.59 Å². The van der Waals surface area contributed by atoms with E-state index >= 15 is 0 Å². The second kappa shape index (κ2) is 5.73. The molecule has 3 rings (SSSR count). The van der Waals surface area contributed by atoms with Crippen LogP contribution in [0.1, 0.15) is 17.5 Å². The van der Waals surface area contributed by atoms with Crippen LogP contribution in [0, 0.1) is 0 Å². The first kappa shape index (κ1) is 14.7. The van der Waals surface area contributed by atoms with E-state index in [2.05, 4.69) is 0 Å². The van der Waals surface area contributed by atoms with Crippen molar-refractivity contribution < 1.29 is 14.7 Å². The van der Waals surface area contributed by atoms with E-state index in [-0.39, 0.29) is 22.4 Å². The molecular weight excluding hydrogens is 268 g/mol. The van der Waals surface area contributed by atoms with Gasteiger partial charge in [-0.25, -0.2) is 0 Å². The molecule has 0 saturated heterocycles. The number of carbonyl (C=O) groups is 1. The number of hydrogen-bond acceptors (Lipinski definition) is 3. The molecule has 2 aromatic carbocycles. The van der Waals surface area contributed by atoms with Crippen LogP contribution in [0.3, 0.4) is 0 Å². The number of ketones is 1. The number of hydrogen-bond donors (Lipinski definition) is 0. The molecule has 4 heteroatoms. The summed E-state index contributed by atoms with van der Waals surface area (Å²) in [6.07, 6.45) is 0. The van der Waals surface area contributed by atoms with Crippen molar-refractivity contribution in [1.82, 2.24) is 0 Å². The lowest BCUT2D eigenvalue weighted by Crippen LogP contribution is -2.11. The Kier molecular flexibility index (Phi) is 4.00. The maximum Gasteiger partial charge on any atom is 0.201 e. The number of carbonyl (C=O) groups excluding carboxylic acids is 1. The predicted molar refractivity (Wildman–Crippen MR) is 81.5 cm³/mol. The van der Waals surface area contributed by atoms with Crippen molar-refractivity contribution in [1.29, 1.82) is 0 Å². The Morgan fingerprint density at radius 2 is 1.57 bits per heavy atom. The van der Waals surface area contributed by atoms with Crippen LogP contribution in [0.2, 0.25) is 0 Å². The molecule has 4 nitrogen and oxygen atoms in total. The molecule has 106 valence electrons. The average molecular weight is 282 g/mol. The molecule has 0 aliphatic rings. The molecule has 0 saturated carbocycles. The summed E-state index contributed by atoms with van der Waals surface area (Å²) in [6, 6.07) is 16.1. The summed E-state index contributed by atoms with van der Waals surface area (Å²) in [7, 11) is 0. The van der Waals surface area contributed by atoms with Crippen LogP contribution in [0.5, 0.6) is 0 Å². The molecule has 1 heterocycles. The minimum Gasteiger partial charge on any atom is -0.452 e. The summed E-state index contributed by atoms with van der Waals surface area (Å²) in [5.41, 5.74) is 1.28. The molecule has 0 atom stereocenters. The smallest absolute Gasteiger partial charge is 0.201 e. The van der Waals surface area contributed by atoms with Gasteiger partial charge in [-0.1, -0.05) is 42.5 Å². The number of fused-ring (bicyclic) bond motifs is 1. The molecule has 0 radical (unpaired) electrons. The number of para-hydroxylation sites is 1. The minimum atomic E-state index is -0.258. The summed E-state index contributed by atoms with van der Waals surface area (Å²) in [5.74, 6) is -0.147. The SMILES string of the molecule is CC(=O)c1oc2ccccc2c(=O)c1-c1ccccc1.O. The summed E-state index contributed by atoms with van der Waals surface area (Å²) < 4.78 is 5.64. The van der Waals surface area contributed by atoms with Gasteiger partial charge in [0.05, 0.1) is 10.9 Å². The monoisotopic (exact) mass is 282 g/mol. The average Bonchev–Trinajstić information content (AvgIpc) is 2.48. The number of Topliss-reactive ketones (excluding diaryl/α,β-unsaturated/α-hetero) is 1. The summed E-state index contributed by atoms with van der Waals surface area (Å²) >= 11 is 0. The third kappa shape index (κ3) is 2.49. The van der Waals surface area contributed by atoms with Crippen molar-refractivity contribution in [3.05, 3.63) is 70.6 Å². The van der Waals surface area contributed by atoms with Gasteiger partial charge in [-0.2, -0.15) is 0 Å². The van der Waals surface area contributed by atoms with E-state index < -0.39 is 0 Å². The highest BCUT2D eigenvalue weighted by Crippen LogP contribution is 2.24. The lowest BCUT2D eigenvalue weighted by Gasteiger charge is -2.07. The molecule has 2 N–H and O–H groups in total. The standard InChI is InChI=1S/C17H12O3.H2O/c1-11(18)17-15(12-7-3-2-4-8-12)16(19)13-9-5-6-10-14(13)20-17;/h2-10H,1H3;1H2. The van der Waals surface area contributed by atoms with Crippen molar-refractivity contribution >= 4 is 16.8 Å². The van der Waals surface area contributed by atoms with Gasteiger partial charge in [-0.05, 0) is 17.7 Å². The van der Waals surface area contributed by atoms with Gasteiger partial charge in [0, 0.05) is 6.92 Å². The lowest BCUT2D eigenvalue weighted by atomic mass is 10.0. The maximum atomic E-state index is 12.6. The Hall–Kier alpha value is -2.72. The Labute approximate surface area is 121 Å². The van der Waals surface area contributed by atoms with Crippen molar-refractivity contribution in [3.63, 3.8) is 0 Å². The fourth-order valence-electron chi connectivity index (χ4n) is 2.26. The van der Waals surface area contributed by atoms with Gasteiger partial charge in [-0.15, -0.1) is 0 Å². The Bertz CT molecular complexity index is 848. The Balaban J connectivity index is 0.00000161. The van der Waals surface area contributed by atoms with Crippen LogP contribution in [0.15, 0.2) is 63.8 Å². The molecule has 0 fully saturated rings. The third-order valence-corrected chi connectivity index (χ3v) is 3.18. The van der Waals surface area contributed by atoms with Crippen LogP contribution >= 0.6 is 0 Å². The first-order chi connectivity index (χ1) is 9.68. The zero-order valence-corrected chi connectivity index (χ0v) is 11.4. The van der Waals surface area contributed by atoms with E-state index in [1.54, 1.807) is 36.4 Å². The van der Waals surface area contributed by atoms with Gasteiger partial charge in [0.1, 0.15) is 5.58 Å². The number of benzene rings is 2. The molecule has 21 heavy (non-hydrogen) atoms. The second-order valence-corrected chi connectivity index (χ2v) is 4.55. The summed E-state index contributed by atoms with van der Waals surface area (Å²) in [4.78, 5) is 24.4.